The van der Waals surface area contributed by atoms with E-state index in [2.05, 4.69) is 20.3 Å². The molecule has 0 saturated carbocycles. The van der Waals surface area contributed by atoms with Gasteiger partial charge in [-0.2, -0.15) is 9.61 Å². The lowest BCUT2D eigenvalue weighted by Gasteiger charge is -1.98. The Bertz CT molecular complexity index is 728. The number of aromatic nitrogens is 5. The highest BCUT2D eigenvalue weighted by molar-refractivity contribution is 5.56. The molecular weight excluding hydrogens is 218 g/mol. The molecule has 0 atom stereocenters. The molecule has 0 spiro atoms. The molecule has 1 aromatic carbocycles. The Morgan fingerprint density at radius 3 is 2.71 bits per heavy atom. The van der Waals surface area contributed by atoms with E-state index in [1.54, 1.807) is 6.92 Å². The molecule has 0 aliphatic heterocycles. The zero-order valence-corrected chi connectivity index (χ0v) is 9.08. The van der Waals surface area contributed by atoms with Gasteiger partial charge in [0.1, 0.15) is 5.69 Å². The zero-order chi connectivity index (χ0) is 11.8. The predicted molar refractivity (Wildman–Crippen MR) is 61.6 cm³/mol. The van der Waals surface area contributed by atoms with Crippen molar-refractivity contribution in [3.05, 3.63) is 46.4 Å². The minimum Gasteiger partial charge on any atom is -0.288 e. The van der Waals surface area contributed by atoms with E-state index < -0.39 is 0 Å². The maximum absolute atomic E-state index is 11.4. The fourth-order valence-corrected chi connectivity index (χ4v) is 1.61. The molecule has 3 aromatic rings. The smallest absolute Gasteiger partial charge is 0.273 e. The van der Waals surface area contributed by atoms with Crippen molar-refractivity contribution in [3.63, 3.8) is 0 Å². The summed E-state index contributed by atoms with van der Waals surface area (Å²) < 4.78 is 1.53. The Morgan fingerprint density at radius 1 is 1.18 bits per heavy atom. The van der Waals surface area contributed by atoms with Gasteiger partial charge in [0.25, 0.3) is 11.3 Å². The molecule has 2 aromatic heterocycles. The maximum Gasteiger partial charge on any atom is 0.273 e. The van der Waals surface area contributed by atoms with Gasteiger partial charge in [-0.15, -0.1) is 10.2 Å². The van der Waals surface area contributed by atoms with Crippen molar-refractivity contribution in [2.75, 3.05) is 0 Å². The van der Waals surface area contributed by atoms with Crippen molar-refractivity contribution in [1.29, 1.82) is 0 Å². The van der Waals surface area contributed by atoms with Crippen molar-refractivity contribution in [1.82, 2.24) is 24.8 Å². The van der Waals surface area contributed by atoms with Crippen LogP contribution in [0.1, 0.15) is 5.69 Å². The van der Waals surface area contributed by atoms with Gasteiger partial charge in [-0.25, -0.2) is 0 Å². The lowest BCUT2D eigenvalue weighted by atomic mass is 10.2. The van der Waals surface area contributed by atoms with E-state index in [0.717, 1.165) is 5.56 Å². The Kier molecular flexibility index (Phi) is 2.01. The van der Waals surface area contributed by atoms with Crippen LogP contribution in [0.2, 0.25) is 0 Å². The Balaban J connectivity index is 2.32. The molecular formula is C11H9N5O. The summed E-state index contributed by atoms with van der Waals surface area (Å²) in [6, 6.07) is 9.58. The molecule has 17 heavy (non-hydrogen) atoms. The molecule has 6 heteroatoms. The quantitative estimate of drug-likeness (QED) is 0.666. The summed E-state index contributed by atoms with van der Waals surface area (Å²) in [5.74, 6) is 0.958. The van der Waals surface area contributed by atoms with Crippen LogP contribution in [-0.4, -0.2) is 24.8 Å². The van der Waals surface area contributed by atoms with E-state index >= 15 is 0 Å². The van der Waals surface area contributed by atoms with Crippen LogP contribution in [0.15, 0.2) is 35.1 Å². The number of fused-ring (bicyclic) bond motifs is 1. The Hall–Kier alpha value is -2.50. The van der Waals surface area contributed by atoms with E-state index in [0.29, 0.717) is 17.3 Å². The SMILES string of the molecule is Cc1nn2c(-c3ccccc3)nnc2[nH]c1=O. The zero-order valence-electron chi connectivity index (χ0n) is 9.08. The summed E-state index contributed by atoms with van der Waals surface area (Å²) in [7, 11) is 0. The maximum atomic E-state index is 11.4. The average Bonchev–Trinajstić information content (AvgIpc) is 2.74. The van der Waals surface area contributed by atoms with Crippen molar-refractivity contribution in [2.24, 2.45) is 0 Å². The summed E-state index contributed by atoms with van der Waals surface area (Å²) in [6.45, 7) is 1.65. The van der Waals surface area contributed by atoms with Crippen LogP contribution in [0.3, 0.4) is 0 Å². The van der Waals surface area contributed by atoms with Crippen LogP contribution in [0, 0.1) is 6.92 Å². The fourth-order valence-electron chi connectivity index (χ4n) is 1.61. The molecule has 1 N–H and O–H groups in total. The normalized spacial score (nSPS) is 10.9. The van der Waals surface area contributed by atoms with Crippen LogP contribution in [-0.2, 0) is 0 Å². The van der Waals surface area contributed by atoms with Gasteiger partial charge < -0.3 is 0 Å². The van der Waals surface area contributed by atoms with E-state index in [4.69, 9.17) is 0 Å². The molecule has 0 aliphatic rings. The predicted octanol–water partition coefficient (Wildman–Crippen LogP) is 0.788. The van der Waals surface area contributed by atoms with Crippen LogP contribution < -0.4 is 5.56 Å². The first-order valence-electron chi connectivity index (χ1n) is 5.13. The van der Waals surface area contributed by atoms with Gasteiger partial charge in [0.15, 0.2) is 5.82 Å². The van der Waals surface area contributed by atoms with Gasteiger partial charge in [0, 0.05) is 5.56 Å². The van der Waals surface area contributed by atoms with Crippen LogP contribution in [0.5, 0.6) is 0 Å². The third kappa shape index (κ3) is 1.50. The highest BCUT2D eigenvalue weighted by Crippen LogP contribution is 2.15. The molecule has 84 valence electrons. The van der Waals surface area contributed by atoms with Gasteiger partial charge in [0.05, 0.1) is 0 Å². The number of benzene rings is 1. The second-order valence-electron chi connectivity index (χ2n) is 3.66. The van der Waals surface area contributed by atoms with Crippen LogP contribution >= 0.6 is 0 Å². The number of nitrogens with one attached hydrogen (secondary N) is 1. The van der Waals surface area contributed by atoms with Gasteiger partial charge in [-0.1, -0.05) is 30.3 Å². The van der Waals surface area contributed by atoms with Gasteiger partial charge >= 0.3 is 0 Å². The number of aryl methyl sites for hydroxylation is 1. The summed E-state index contributed by atoms with van der Waals surface area (Å²) in [5, 5.41) is 12.1. The summed E-state index contributed by atoms with van der Waals surface area (Å²) in [6.07, 6.45) is 0. The molecule has 0 fully saturated rings. The first-order chi connectivity index (χ1) is 8.25. The van der Waals surface area contributed by atoms with Crippen molar-refractivity contribution in [3.8, 4) is 11.4 Å². The van der Waals surface area contributed by atoms with E-state index in [9.17, 15) is 4.79 Å². The highest BCUT2D eigenvalue weighted by Gasteiger charge is 2.10. The van der Waals surface area contributed by atoms with Crippen molar-refractivity contribution < 1.29 is 0 Å². The molecule has 0 amide bonds. The standard InChI is InChI=1S/C11H9N5O/c1-7-10(17)12-11-14-13-9(16(11)15-7)8-5-3-2-4-6-8/h2-6H,1H3,(H,12,14,17). The van der Waals surface area contributed by atoms with Gasteiger partial charge in [-0.05, 0) is 6.92 Å². The molecule has 0 radical (unpaired) electrons. The number of rotatable bonds is 1. The molecule has 6 nitrogen and oxygen atoms in total. The molecule has 2 heterocycles. The Labute approximate surface area is 95.9 Å². The van der Waals surface area contributed by atoms with E-state index in [-0.39, 0.29) is 5.56 Å². The number of nitrogens with zero attached hydrogens (tertiary/aromatic N) is 4. The number of hydrogen-bond donors (Lipinski definition) is 1. The topological polar surface area (TPSA) is 75.9 Å². The van der Waals surface area contributed by atoms with E-state index in [1.807, 2.05) is 30.3 Å². The summed E-state index contributed by atoms with van der Waals surface area (Å²) >= 11 is 0. The van der Waals surface area contributed by atoms with Crippen LogP contribution in [0.25, 0.3) is 17.2 Å². The molecule has 0 aliphatic carbocycles. The second kappa shape index (κ2) is 3.51. The summed E-state index contributed by atoms with van der Waals surface area (Å²) in [5.41, 5.74) is 1.04. The molecule has 0 bridgehead atoms. The van der Waals surface area contributed by atoms with Crippen molar-refractivity contribution in [2.45, 2.75) is 6.92 Å². The monoisotopic (exact) mass is 227 g/mol. The molecule has 0 unspecified atom stereocenters. The lowest BCUT2D eigenvalue weighted by Crippen LogP contribution is -2.15. The second-order valence-corrected chi connectivity index (χ2v) is 3.66. The third-order valence-corrected chi connectivity index (χ3v) is 2.48. The largest absolute Gasteiger partial charge is 0.288 e. The first-order valence-corrected chi connectivity index (χ1v) is 5.13. The lowest BCUT2D eigenvalue weighted by molar-refractivity contribution is 0.854. The number of aromatic amines is 1. The number of hydrogen-bond acceptors (Lipinski definition) is 4. The Morgan fingerprint density at radius 2 is 1.94 bits per heavy atom. The average molecular weight is 227 g/mol. The van der Waals surface area contributed by atoms with Gasteiger partial charge in [-0.3, -0.25) is 9.78 Å². The minimum atomic E-state index is -0.246. The summed E-state index contributed by atoms with van der Waals surface area (Å²) in [4.78, 5) is 14.0. The van der Waals surface area contributed by atoms with E-state index in [1.165, 1.54) is 4.52 Å². The molecule has 0 saturated heterocycles. The fraction of sp³-hybridized carbons (Fsp3) is 0.0909. The van der Waals surface area contributed by atoms with Gasteiger partial charge in [0.2, 0.25) is 0 Å². The first kappa shape index (κ1) is 9.71. The molecule has 3 rings (SSSR count). The van der Waals surface area contributed by atoms with Crippen LogP contribution in [0.4, 0.5) is 0 Å². The highest BCUT2D eigenvalue weighted by atomic mass is 16.1. The third-order valence-electron chi connectivity index (χ3n) is 2.48. The van der Waals surface area contributed by atoms with Crippen molar-refractivity contribution >= 4 is 5.78 Å². The minimum absolute atomic E-state index is 0.246. The number of H-pyrrole nitrogens is 1.